The highest BCUT2D eigenvalue weighted by molar-refractivity contribution is 5.94. The van der Waals surface area contributed by atoms with Gasteiger partial charge in [0.2, 0.25) is 11.8 Å². The Morgan fingerprint density at radius 2 is 2.16 bits per heavy atom. The molecule has 1 fully saturated rings. The Morgan fingerprint density at radius 3 is 2.79 bits per heavy atom. The molecular formula is C14H19N3O2. The smallest absolute Gasteiger partial charge is 0.229 e. The summed E-state index contributed by atoms with van der Waals surface area (Å²) in [6, 6.07) is 7.44. The van der Waals surface area contributed by atoms with E-state index in [9.17, 15) is 9.59 Å². The number of amides is 2. The van der Waals surface area contributed by atoms with Crippen molar-refractivity contribution in [2.24, 2.45) is 11.7 Å². The zero-order valence-electron chi connectivity index (χ0n) is 11.0. The van der Waals surface area contributed by atoms with Gasteiger partial charge in [0.25, 0.3) is 0 Å². The number of benzene rings is 1. The van der Waals surface area contributed by atoms with Gasteiger partial charge >= 0.3 is 0 Å². The monoisotopic (exact) mass is 261 g/mol. The number of primary amides is 1. The third-order valence-electron chi connectivity index (χ3n) is 3.50. The van der Waals surface area contributed by atoms with Crippen molar-refractivity contribution >= 4 is 17.5 Å². The van der Waals surface area contributed by atoms with Crippen molar-refractivity contribution < 1.29 is 9.59 Å². The molecule has 2 unspecified atom stereocenters. The second-order valence-corrected chi connectivity index (χ2v) is 4.93. The summed E-state index contributed by atoms with van der Waals surface area (Å²) in [5.74, 6) is -0.436. The number of carbonyl (C=O) groups is 2. The molecule has 0 aromatic heterocycles. The summed E-state index contributed by atoms with van der Waals surface area (Å²) in [6.07, 6.45) is 0.972. The molecule has 1 saturated heterocycles. The summed E-state index contributed by atoms with van der Waals surface area (Å²) in [6.45, 7) is 2.87. The predicted octanol–water partition coefficient (Wildman–Crippen LogP) is 0.651. The molecule has 0 saturated carbocycles. The Hall–Kier alpha value is -1.88. The van der Waals surface area contributed by atoms with Crippen molar-refractivity contribution in [1.29, 1.82) is 0 Å². The van der Waals surface area contributed by atoms with E-state index in [4.69, 9.17) is 5.73 Å². The molecule has 1 heterocycles. The topological polar surface area (TPSA) is 84.2 Å². The molecule has 0 bridgehead atoms. The molecule has 0 spiro atoms. The molecule has 2 rings (SSSR count). The molecule has 5 heteroatoms. The average molecular weight is 261 g/mol. The van der Waals surface area contributed by atoms with Gasteiger partial charge in [-0.05, 0) is 31.5 Å². The highest BCUT2D eigenvalue weighted by Gasteiger charge is 2.29. The van der Waals surface area contributed by atoms with Gasteiger partial charge in [-0.1, -0.05) is 18.2 Å². The van der Waals surface area contributed by atoms with E-state index < -0.39 is 5.91 Å². The van der Waals surface area contributed by atoms with E-state index in [1.54, 1.807) is 12.1 Å². The molecule has 4 N–H and O–H groups in total. The second kappa shape index (κ2) is 5.84. The minimum Gasteiger partial charge on any atom is -0.369 e. The number of anilines is 1. The lowest BCUT2D eigenvalue weighted by Gasteiger charge is -2.16. The second-order valence-electron chi connectivity index (χ2n) is 4.93. The number of para-hydroxylation sites is 1. The van der Waals surface area contributed by atoms with Gasteiger partial charge in [-0.25, -0.2) is 0 Å². The molecule has 2 atom stereocenters. The van der Waals surface area contributed by atoms with Crippen molar-refractivity contribution in [3.63, 3.8) is 0 Å². The quantitative estimate of drug-likeness (QED) is 0.744. The molecule has 1 aromatic carbocycles. The summed E-state index contributed by atoms with van der Waals surface area (Å²) in [7, 11) is 0. The van der Waals surface area contributed by atoms with Crippen LogP contribution in [0.25, 0.3) is 0 Å². The molecule has 19 heavy (non-hydrogen) atoms. The van der Waals surface area contributed by atoms with Crippen LogP contribution in [-0.2, 0) is 16.0 Å². The highest BCUT2D eigenvalue weighted by Crippen LogP contribution is 2.20. The predicted molar refractivity (Wildman–Crippen MR) is 73.5 cm³/mol. The molecule has 0 aliphatic carbocycles. The van der Waals surface area contributed by atoms with Crippen LogP contribution in [0, 0.1) is 5.92 Å². The van der Waals surface area contributed by atoms with E-state index in [2.05, 4.69) is 10.6 Å². The fraction of sp³-hybridized carbons (Fsp3) is 0.429. The fourth-order valence-electron chi connectivity index (χ4n) is 2.43. The van der Waals surface area contributed by atoms with Crippen LogP contribution in [0.15, 0.2) is 24.3 Å². The van der Waals surface area contributed by atoms with Gasteiger partial charge < -0.3 is 16.4 Å². The largest absolute Gasteiger partial charge is 0.369 e. The van der Waals surface area contributed by atoms with Crippen LogP contribution in [0.2, 0.25) is 0 Å². The highest BCUT2D eigenvalue weighted by atomic mass is 16.2. The van der Waals surface area contributed by atoms with Crippen molar-refractivity contribution in [2.45, 2.75) is 25.8 Å². The van der Waals surface area contributed by atoms with Gasteiger partial charge in [-0.3, -0.25) is 9.59 Å². The van der Waals surface area contributed by atoms with Crippen molar-refractivity contribution in [3.8, 4) is 0 Å². The summed E-state index contributed by atoms with van der Waals surface area (Å²) >= 11 is 0. The third kappa shape index (κ3) is 3.32. The SMILES string of the molecule is CC1NCCC1C(=O)Nc1ccccc1CC(N)=O. The van der Waals surface area contributed by atoms with Crippen LogP contribution in [0.5, 0.6) is 0 Å². The molecule has 2 amide bonds. The Balaban J connectivity index is 2.10. The first kappa shape index (κ1) is 13.5. The number of hydrogen-bond donors (Lipinski definition) is 3. The number of rotatable bonds is 4. The number of carbonyl (C=O) groups excluding carboxylic acids is 2. The van der Waals surface area contributed by atoms with E-state index in [0.717, 1.165) is 18.5 Å². The van der Waals surface area contributed by atoms with E-state index in [1.165, 1.54) is 0 Å². The molecule has 1 aromatic rings. The van der Waals surface area contributed by atoms with Gasteiger partial charge in [-0.15, -0.1) is 0 Å². The van der Waals surface area contributed by atoms with Crippen molar-refractivity contribution in [2.75, 3.05) is 11.9 Å². The fourth-order valence-corrected chi connectivity index (χ4v) is 2.43. The van der Waals surface area contributed by atoms with E-state index in [1.807, 2.05) is 19.1 Å². The number of nitrogens with one attached hydrogen (secondary N) is 2. The molecular weight excluding hydrogens is 242 g/mol. The third-order valence-corrected chi connectivity index (χ3v) is 3.50. The molecule has 5 nitrogen and oxygen atoms in total. The minimum absolute atomic E-state index is 0.00517. The summed E-state index contributed by atoms with van der Waals surface area (Å²) < 4.78 is 0. The summed E-state index contributed by atoms with van der Waals surface area (Å²) in [4.78, 5) is 23.2. The van der Waals surface area contributed by atoms with Crippen LogP contribution < -0.4 is 16.4 Å². The van der Waals surface area contributed by atoms with Crippen LogP contribution in [0.1, 0.15) is 18.9 Å². The molecule has 0 radical (unpaired) electrons. The zero-order valence-corrected chi connectivity index (χ0v) is 11.0. The molecule has 1 aliphatic rings. The maximum Gasteiger partial charge on any atom is 0.229 e. The maximum absolute atomic E-state index is 12.2. The van der Waals surface area contributed by atoms with Gasteiger partial charge in [-0.2, -0.15) is 0 Å². The van der Waals surface area contributed by atoms with Crippen molar-refractivity contribution in [3.05, 3.63) is 29.8 Å². The Morgan fingerprint density at radius 1 is 1.42 bits per heavy atom. The zero-order chi connectivity index (χ0) is 13.8. The minimum atomic E-state index is -0.405. The van der Waals surface area contributed by atoms with Crippen LogP contribution in [0.4, 0.5) is 5.69 Å². The first-order valence-electron chi connectivity index (χ1n) is 6.48. The van der Waals surface area contributed by atoms with Crippen LogP contribution in [-0.4, -0.2) is 24.4 Å². The molecule has 102 valence electrons. The summed E-state index contributed by atoms with van der Waals surface area (Å²) in [5.41, 5.74) is 6.63. The van der Waals surface area contributed by atoms with Gasteiger partial charge in [0, 0.05) is 11.7 Å². The first-order chi connectivity index (χ1) is 9.08. The van der Waals surface area contributed by atoms with Gasteiger partial charge in [0.05, 0.1) is 12.3 Å². The van der Waals surface area contributed by atoms with E-state index in [0.29, 0.717) is 5.69 Å². The number of hydrogen-bond acceptors (Lipinski definition) is 3. The van der Waals surface area contributed by atoms with E-state index >= 15 is 0 Å². The maximum atomic E-state index is 12.2. The Kier molecular flexibility index (Phi) is 4.16. The first-order valence-corrected chi connectivity index (χ1v) is 6.48. The molecule has 1 aliphatic heterocycles. The lowest BCUT2D eigenvalue weighted by Crippen LogP contribution is -2.32. The van der Waals surface area contributed by atoms with Crippen LogP contribution in [0.3, 0.4) is 0 Å². The lowest BCUT2D eigenvalue weighted by atomic mass is 10.0. The van der Waals surface area contributed by atoms with Crippen LogP contribution >= 0.6 is 0 Å². The summed E-state index contributed by atoms with van der Waals surface area (Å²) in [5, 5.41) is 6.15. The van der Waals surface area contributed by atoms with Gasteiger partial charge in [0.1, 0.15) is 0 Å². The Bertz CT molecular complexity index is 487. The van der Waals surface area contributed by atoms with E-state index in [-0.39, 0.29) is 24.3 Å². The van der Waals surface area contributed by atoms with Crippen molar-refractivity contribution in [1.82, 2.24) is 5.32 Å². The Labute approximate surface area is 112 Å². The lowest BCUT2D eigenvalue weighted by molar-refractivity contribution is -0.120. The normalized spacial score (nSPS) is 22.2. The van der Waals surface area contributed by atoms with Gasteiger partial charge in [0.15, 0.2) is 0 Å². The standard InChI is InChI=1S/C14H19N3O2/c1-9-11(6-7-16-9)14(19)17-12-5-3-2-4-10(12)8-13(15)18/h2-5,9,11,16H,6-8H2,1H3,(H2,15,18)(H,17,19). The average Bonchev–Trinajstić information content (AvgIpc) is 2.77. The number of nitrogens with two attached hydrogens (primary N) is 1.